The smallest absolute Gasteiger partial charge is 0.143 e. The van der Waals surface area contributed by atoms with E-state index >= 15 is 0 Å². The van der Waals surface area contributed by atoms with Crippen molar-refractivity contribution in [1.82, 2.24) is 4.98 Å². The second-order valence-corrected chi connectivity index (χ2v) is 5.14. The van der Waals surface area contributed by atoms with E-state index in [-0.39, 0.29) is 18.8 Å². The van der Waals surface area contributed by atoms with Gasteiger partial charge in [0.2, 0.25) is 0 Å². The average molecular weight is 301 g/mol. The Kier molecular flexibility index (Phi) is 4.01. The lowest BCUT2D eigenvalue weighted by Gasteiger charge is -2.25. The van der Waals surface area contributed by atoms with Crippen LogP contribution in [0.15, 0.2) is 16.7 Å². The van der Waals surface area contributed by atoms with Crippen molar-refractivity contribution in [3.8, 4) is 0 Å². The first-order chi connectivity index (χ1) is 8.17. The molecule has 0 radical (unpaired) electrons. The molecule has 0 saturated carbocycles. The van der Waals surface area contributed by atoms with Gasteiger partial charge in [0.05, 0.1) is 23.2 Å². The summed E-state index contributed by atoms with van der Waals surface area (Å²) in [6, 6.07) is 2.05. The number of aryl methyl sites for hydroxylation is 1. The Bertz CT molecular complexity index is 400. The molecule has 2 heterocycles. The first-order valence-electron chi connectivity index (χ1n) is 5.68. The molecule has 4 nitrogen and oxygen atoms in total. The highest BCUT2D eigenvalue weighted by atomic mass is 79.9. The molecule has 2 rings (SSSR count). The number of aromatic nitrogens is 1. The average Bonchev–Trinajstić information content (AvgIpc) is 2.76. The lowest BCUT2D eigenvalue weighted by molar-refractivity contribution is 0.115. The van der Waals surface area contributed by atoms with E-state index in [1.807, 2.05) is 13.0 Å². The molecule has 0 spiro atoms. The summed E-state index contributed by atoms with van der Waals surface area (Å²) in [7, 11) is 1.71. The number of halogens is 1. The van der Waals surface area contributed by atoms with Crippen molar-refractivity contribution in [3.63, 3.8) is 0 Å². The SMILES string of the molecule is CO[C@@H]1C[C@@H](CO)N(c2nccc(C)c2Br)C1. The quantitative estimate of drug-likeness (QED) is 0.924. The molecule has 1 aliphatic rings. The van der Waals surface area contributed by atoms with E-state index in [9.17, 15) is 5.11 Å². The summed E-state index contributed by atoms with van der Waals surface area (Å²) in [6.45, 7) is 2.94. The molecule has 1 aromatic rings. The molecule has 17 heavy (non-hydrogen) atoms. The molecule has 2 atom stereocenters. The van der Waals surface area contributed by atoms with Gasteiger partial charge in [0, 0.05) is 19.9 Å². The van der Waals surface area contributed by atoms with E-state index in [2.05, 4.69) is 25.8 Å². The van der Waals surface area contributed by atoms with Gasteiger partial charge in [-0.15, -0.1) is 0 Å². The van der Waals surface area contributed by atoms with Gasteiger partial charge >= 0.3 is 0 Å². The summed E-state index contributed by atoms with van der Waals surface area (Å²) < 4.78 is 6.36. The third-order valence-electron chi connectivity index (χ3n) is 3.26. The van der Waals surface area contributed by atoms with Gasteiger partial charge in [-0.3, -0.25) is 0 Å². The number of rotatable bonds is 3. The number of nitrogens with zero attached hydrogens (tertiary/aromatic N) is 2. The highest BCUT2D eigenvalue weighted by molar-refractivity contribution is 9.10. The van der Waals surface area contributed by atoms with Gasteiger partial charge in [-0.05, 0) is 40.9 Å². The number of aliphatic hydroxyl groups is 1. The van der Waals surface area contributed by atoms with Crippen molar-refractivity contribution in [2.24, 2.45) is 0 Å². The number of ether oxygens (including phenoxy) is 1. The zero-order valence-corrected chi connectivity index (χ0v) is 11.6. The van der Waals surface area contributed by atoms with E-state index in [1.165, 1.54) is 0 Å². The van der Waals surface area contributed by atoms with Crippen LogP contribution in [0.3, 0.4) is 0 Å². The summed E-state index contributed by atoms with van der Waals surface area (Å²) in [5.74, 6) is 0.892. The Labute approximate surface area is 110 Å². The Morgan fingerprint density at radius 3 is 3.06 bits per heavy atom. The standard InChI is InChI=1S/C12H17BrN2O2/c1-8-3-4-14-12(11(8)13)15-6-10(17-2)5-9(15)7-16/h3-4,9-10,16H,5-7H2,1-2H3/t9-,10+/m0/s1. The summed E-state index contributed by atoms with van der Waals surface area (Å²) in [5.41, 5.74) is 1.15. The topological polar surface area (TPSA) is 45.6 Å². The number of anilines is 1. The largest absolute Gasteiger partial charge is 0.394 e. The van der Waals surface area contributed by atoms with E-state index in [0.29, 0.717) is 0 Å². The van der Waals surface area contributed by atoms with Crippen LogP contribution in [0.1, 0.15) is 12.0 Å². The number of methoxy groups -OCH3 is 1. The monoisotopic (exact) mass is 300 g/mol. The molecule has 0 bridgehead atoms. The maximum atomic E-state index is 9.43. The number of pyridine rings is 1. The highest BCUT2D eigenvalue weighted by Gasteiger charge is 2.33. The van der Waals surface area contributed by atoms with Crippen LogP contribution in [0, 0.1) is 6.92 Å². The zero-order valence-electron chi connectivity index (χ0n) is 10.1. The molecule has 0 amide bonds. The second-order valence-electron chi connectivity index (χ2n) is 4.35. The highest BCUT2D eigenvalue weighted by Crippen LogP contribution is 2.32. The molecule has 0 aliphatic carbocycles. The van der Waals surface area contributed by atoms with Gasteiger partial charge < -0.3 is 14.7 Å². The molecule has 0 aromatic carbocycles. The maximum absolute atomic E-state index is 9.43. The third-order valence-corrected chi connectivity index (χ3v) is 4.24. The van der Waals surface area contributed by atoms with Crippen molar-refractivity contribution in [2.45, 2.75) is 25.5 Å². The zero-order chi connectivity index (χ0) is 12.4. The number of hydrogen-bond acceptors (Lipinski definition) is 4. The first kappa shape index (κ1) is 12.8. The summed E-state index contributed by atoms with van der Waals surface area (Å²) in [5, 5.41) is 9.43. The minimum absolute atomic E-state index is 0.0885. The minimum Gasteiger partial charge on any atom is -0.394 e. The van der Waals surface area contributed by atoms with Crippen molar-refractivity contribution in [1.29, 1.82) is 0 Å². The molecule has 1 saturated heterocycles. The van der Waals surface area contributed by atoms with Gasteiger partial charge in [-0.1, -0.05) is 0 Å². The molecule has 1 aromatic heterocycles. The Morgan fingerprint density at radius 2 is 2.41 bits per heavy atom. The molecular weight excluding hydrogens is 284 g/mol. The van der Waals surface area contributed by atoms with Gasteiger partial charge in [-0.25, -0.2) is 4.98 Å². The molecule has 5 heteroatoms. The van der Waals surface area contributed by atoms with Crippen LogP contribution in [0.4, 0.5) is 5.82 Å². The van der Waals surface area contributed by atoms with Gasteiger partial charge in [0.15, 0.2) is 0 Å². The van der Waals surface area contributed by atoms with Gasteiger partial charge in [0.1, 0.15) is 5.82 Å². The van der Waals surface area contributed by atoms with Gasteiger partial charge in [-0.2, -0.15) is 0 Å². The number of aliphatic hydroxyl groups excluding tert-OH is 1. The van der Waals surface area contributed by atoms with Crippen LogP contribution in [-0.4, -0.2) is 42.5 Å². The Morgan fingerprint density at radius 1 is 1.65 bits per heavy atom. The fraction of sp³-hybridized carbons (Fsp3) is 0.583. The Balaban J connectivity index is 2.29. The van der Waals surface area contributed by atoms with Crippen LogP contribution in [0.2, 0.25) is 0 Å². The first-order valence-corrected chi connectivity index (χ1v) is 6.48. The van der Waals surface area contributed by atoms with Crippen LogP contribution in [0.5, 0.6) is 0 Å². The fourth-order valence-electron chi connectivity index (χ4n) is 2.20. The summed E-state index contributed by atoms with van der Waals surface area (Å²) in [4.78, 5) is 6.52. The van der Waals surface area contributed by atoms with Crippen molar-refractivity contribution in [3.05, 3.63) is 22.3 Å². The Hall–Kier alpha value is -0.650. The van der Waals surface area contributed by atoms with E-state index < -0.39 is 0 Å². The van der Waals surface area contributed by atoms with Crippen molar-refractivity contribution in [2.75, 3.05) is 25.2 Å². The van der Waals surface area contributed by atoms with E-state index in [4.69, 9.17) is 4.74 Å². The molecule has 1 N–H and O–H groups in total. The third kappa shape index (κ3) is 2.46. The number of hydrogen-bond donors (Lipinski definition) is 1. The maximum Gasteiger partial charge on any atom is 0.143 e. The molecule has 1 fully saturated rings. The second kappa shape index (κ2) is 5.33. The summed E-state index contributed by atoms with van der Waals surface area (Å²) in [6.07, 6.45) is 2.81. The van der Waals surface area contributed by atoms with Crippen molar-refractivity contribution >= 4 is 21.7 Å². The van der Waals surface area contributed by atoms with Crippen LogP contribution in [0.25, 0.3) is 0 Å². The van der Waals surface area contributed by atoms with Crippen LogP contribution < -0.4 is 4.90 Å². The van der Waals surface area contributed by atoms with Gasteiger partial charge in [0.25, 0.3) is 0 Å². The summed E-state index contributed by atoms with van der Waals surface area (Å²) >= 11 is 3.56. The van der Waals surface area contributed by atoms with E-state index in [1.54, 1.807) is 13.3 Å². The lowest BCUT2D eigenvalue weighted by Crippen LogP contribution is -2.33. The lowest BCUT2D eigenvalue weighted by atomic mass is 10.2. The fourth-order valence-corrected chi connectivity index (χ4v) is 2.67. The van der Waals surface area contributed by atoms with Crippen LogP contribution >= 0.6 is 15.9 Å². The van der Waals surface area contributed by atoms with Crippen LogP contribution in [-0.2, 0) is 4.74 Å². The molecule has 0 unspecified atom stereocenters. The predicted molar refractivity (Wildman–Crippen MR) is 70.3 cm³/mol. The van der Waals surface area contributed by atoms with E-state index in [0.717, 1.165) is 28.8 Å². The molecule has 94 valence electrons. The molecule has 1 aliphatic heterocycles. The van der Waals surface area contributed by atoms with Crippen molar-refractivity contribution < 1.29 is 9.84 Å². The minimum atomic E-state index is 0.0885. The predicted octanol–water partition coefficient (Wildman–Crippen LogP) is 1.74. The normalized spacial score (nSPS) is 24.4. The molecular formula is C12H17BrN2O2.